The lowest BCUT2D eigenvalue weighted by molar-refractivity contribution is -0.114. The van der Waals surface area contributed by atoms with Crippen LogP contribution in [0.15, 0.2) is 12.2 Å². The summed E-state index contributed by atoms with van der Waals surface area (Å²) in [4.78, 5) is 11.6. The molecule has 0 unspecified atom stereocenters. The van der Waals surface area contributed by atoms with Gasteiger partial charge in [-0.25, -0.2) is 0 Å². The first kappa shape index (κ1) is 13.8. The minimum absolute atomic E-state index is 0.328. The number of carbonyl (C=O) groups excluding carboxylic acids is 1. The van der Waals surface area contributed by atoms with E-state index in [1.54, 1.807) is 0 Å². The van der Waals surface area contributed by atoms with Crippen LogP contribution < -0.4 is 0 Å². The van der Waals surface area contributed by atoms with Crippen LogP contribution in [0.4, 0.5) is 0 Å². The molecular formula is C14H24OS. The molecule has 1 heterocycles. The zero-order valence-corrected chi connectivity index (χ0v) is 11.2. The molecule has 0 aromatic carbocycles. The Hall–Kier alpha value is -0.240. The van der Waals surface area contributed by atoms with E-state index in [9.17, 15) is 4.79 Å². The van der Waals surface area contributed by atoms with Crippen molar-refractivity contribution in [2.45, 2.75) is 51.9 Å². The van der Waals surface area contributed by atoms with Crippen molar-refractivity contribution in [2.24, 2.45) is 5.92 Å². The van der Waals surface area contributed by atoms with Crippen LogP contribution in [-0.4, -0.2) is 17.3 Å². The fraction of sp³-hybridized carbons (Fsp3) is 0.786. The molecule has 0 radical (unpaired) electrons. The maximum absolute atomic E-state index is 11.6. The van der Waals surface area contributed by atoms with Crippen molar-refractivity contribution in [2.75, 3.05) is 11.5 Å². The third-order valence-corrected chi connectivity index (χ3v) is 4.15. The minimum atomic E-state index is 0.328. The quantitative estimate of drug-likeness (QED) is 0.489. The number of rotatable bonds is 7. The van der Waals surface area contributed by atoms with Crippen LogP contribution in [0.1, 0.15) is 51.9 Å². The lowest BCUT2D eigenvalue weighted by Gasteiger charge is -2.17. The summed E-state index contributed by atoms with van der Waals surface area (Å²) in [5.41, 5.74) is 0. The molecule has 0 bridgehead atoms. The molecular weight excluding hydrogens is 216 g/mol. The Morgan fingerprint density at radius 3 is 2.69 bits per heavy atom. The van der Waals surface area contributed by atoms with Gasteiger partial charge in [-0.3, -0.25) is 4.79 Å². The average molecular weight is 240 g/mol. The van der Waals surface area contributed by atoms with Gasteiger partial charge in [-0.05, 0) is 42.8 Å². The number of allylic oxidation sites excluding steroid dienone is 2. The number of hydrogen-bond acceptors (Lipinski definition) is 2. The molecule has 1 rings (SSSR count). The van der Waals surface area contributed by atoms with Gasteiger partial charge in [0.2, 0.25) is 0 Å². The van der Waals surface area contributed by atoms with E-state index >= 15 is 0 Å². The van der Waals surface area contributed by atoms with E-state index in [2.05, 4.69) is 13.0 Å². The van der Waals surface area contributed by atoms with E-state index in [1.807, 2.05) is 17.8 Å². The Morgan fingerprint density at radius 2 is 2.00 bits per heavy atom. The van der Waals surface area contributed by atoms with Gasteiger partial charge < -0.3 is 0 Å². The number of ketones is 1. The maximum Gasteiger partial charge on any atom is 0.155 e. The number of unbranched alkanes of at least 4 members (excludes halogenated alkanes) is 3. The Balaban J connectivity index is 2.09. The fourth-order valence-electron chi connectivity index (χ4n) is 1.96. The molecule has 2 heteroatoms. The molecule has 0 saturated carbocycles. The van der Waals surface area contributed by atoms with Gasteiger partial charge in [0, 0.05) is 6.42 Å². The molecule has 0 N–H and O–H groups in total. The molecule has 0 aromatic rings. The fourth-order valence-corrected chi connectivity index (χ4v) is 3.10. The summed E-state index contributed by atoms with van der Waals surface area (Å²) in [6, 6.07) is 0. The third-order valence-electron chi connectivity index (χ3n) is 3.10. The Morgan fingerprint density at radius 1 is 1.25 bits per heavy atom. The van der Waals surface area contributed by atoms with Crippen molar-refractivity contribution in [1.82, 2.24) is 0 Å². The first-order chi connectivity index (χ1) is 7.83. The van der Waals surface area contributed by atoms with Gasteiger partial charge in [0.05, 0.1) is 0 Å². The second-order valence-electron chi connectivity index (χ2n) is 4.59. The molecule has 1 aliphatic rings. The third kappa shape index (κ3) is 6.37. The molecule has 0 atom stereocenters. The summed E-state index contributed by atoms with van der Waals surface area (Å²) in [7, 11) is 0. The van der Waals surface area contributed by atoms with Crippen molar-refractivity contribution in [3.63, 3.8) is 0 Å². The molecule has 0 spiro atoms. The lowest BCUT2D eigenvalue weighted by Crippen LogP contribution is -2.07. The van der Waals surface area contributed by atoms with Crippen LogP contribution in [0, 0.1) is 5.92 Å². The van der Waals surface area contributed by atoms with Crippen molar-refractivity contribution in [3.05, 3.63) is 12.2 Å². The topological polar surface area (TPSA) is 17.1 Å². The highest BCUT2D eigenvalue weighted by Crippen LogP contribution is 2.23. The van der Waals surface area contributed by atoms with Crippen LogP contribution in [0.25, 0.3) is 0 Å². The summed E-state index contributed by atoms with van der Waals surface area (Å²) in [5.74, 6) is 3.52. The van der Waals surface area contributed by atoms with E-state index in [0.717, 1.165) is 12.8 Å². The average Bonchev–Trinajstić information content (AvgIpc) is 2.33. The summed E-state index contributed by atoms with van der Waals surface area (Å²) >= 11 is 2.03. The molecule has 16 heavy (non-hydrogen) atoms. The van der Waals surface area contributed by atoms with Crippen molar-refractivity contribution in [1.29, 1.82) is 0 Å². The molecule has 1 saturated heterocycles. The summed E-state index contributed by atoms with van der Waals surface area (Å²) in [5, 5.41) is 0. The first-order valence-electron chi connectivity index (χ1n) is 6.61. The summed E-state index contributed by atoms with van der Waals surface area (Å²) in [6.07, 6.45) is 12.0. The van der Waals surface area contributed by atoms with Crippen molar-refractivity contribution in [3.8, 4) is 0 Å². The minimum Gasteiger partial charge on any atom is -0.295 e. The zero-order chi connectivity index (χ0) is 11.6. The van der Waals surface area contributed by atoms with Gasteiger partial charge >= 0.3 is 0 Å². The maximum atomic E-state index is 11.6. The van der Waals surface area contributed by atoms with Crippen LogP contribution in [0.3, 0.4) is 0 Å². The van der Waals surface area contributed by atoms with Crippen molar-refractivity contribution >= 4 is 17.5 Å². The predicted molar refractivity (Wildman–Crippen MR) is 73.0 cm³/mol. The molecule has 1 fully saturated rings. The van der Waals surface area contributed by atoms with E-state index < -0.39 is 0 Å². The monoisotopic (exact) mass is 240 g/mol. The van der Waals surface area contributed by atoms with E-state index in [1.165, 1.54) is 43.6 Å². The standard InChI is InChI=1S/C14H24OS/c1-2-3-4-5-6-14(15)8-7-13-9-11-16-12-10-13/h7-8,13H,2-6,9-12H2,1H3. The molecule has 0 amide bonds. The van der Waals surface area contributed by atoms with Crippen LogP contribution in [-0.2, 0) is 4.79 Å². The number of hydrogen-bond donors (Lipinski definition) is 0. The second-order valence-corrected chi connectivity index (χ2v) is 5.81. The molecule has 1 nitrogen and oxygen atoms in total. The first-order valence-corrected chi connectivity index (χ1v) is 7.77. The van der Waals surface area contributed by atoms with Gasteiger partial charge in [-0.2, -0.15) is 11.8 Å². The van der Waals surface area contributed by atoms with Crippen molar-refractivity contribution < 1.29 is 4.79 Å². The van der Waals surface area contributed by atoms with Gasteiger partial charge in [0.1, 0.15) is 0 Å². The Kier molecular flexibility index (Phi) is 7.65. The van der Waals surface area contributed by atoms with E-state index in [0.29, 0.717) is 11.7 Å². The normalized spacial score (nSPS) is 18.1. The van der Waals surface area contributed by atoms with Crippen LogP contribution >= 0.6 is 11.8 Å². The highest BCUT2D eigenvalue weighted by Gasteiger charge is 2.10. The molecule has 1 aliphatic heterocycles. The molecule has 0 aromatic heterocycles. The lowest BCUT2D eigenvalue weighted by atomic mass is 10.0. The predicted octanol–water partition coefficient (Wildman–Crippen LogP) is 4.23. The molecule has 0 aliphatic carbocycles. The van der Waals surface area contributed by atoms with Gasteiger partial charge in [-0.15, -0.1) is 0 Å². The number of carbonyl (C=O) groups is 1. The Bertz CT molecular complexity index is 217. The van der Waals surface area contributed by atoms with Gasteiger partial charge in [-0.1, -0.05) is 32.3 Å². The highest BCUT2D eigenvalue weighted by atomic mass is 32.2. The summed E-state index contributed by atoms with van der Waals surface area (Å²) in [6.45, 7) is 2.20. The highest BCUT2D eigenvalue weighted by molar-refractivity contribution is 7.99. The SMILES string of the molecule is CCCCCCC(=O)C=CC1CCSCC1. The van der Waals surface area contributed by atoms with Gasteiger partial charge in [0.15, 0.2) is 5.78 Å². The van der Waals surface area contributed by atoms with Gasteiger partial charge in [0.25, 0.3) is 0 Å². The van der Waals surface area contributed by atoms with E-state index in [4.69, 9.17) is 0 Å². The molecule has 92 valence electrons. The smallest absolute Gasteiger partial charge is 0.155 e. The van der Waals surface area contributed by atoms with Crippen LogP contribution in [0.2, 0.25) is 0 Å². The largest absolute Gasteiger partial charge is 0.295 e. The second kappa shape index (κ2) is 8.86. The number of thioether (sulfide) groups is 1. The zero-order valence-electron chi connectivity index (χ0n) is 10.4. The Labute approximate surface area is 104 Å². The summed E-state index contributed by atoms with van der Waals surface area (Å²) < 4.78 is 0. The van der Waals surface area contributed by atoms with E-state index in [-0.39, 0.29) is 0 Å². The van der Waals surface area contributed by atoms with Crippen LogP contribution in [0.5, 0.6) is 0 Å².